The third-order valence-corrected chi connectivity index (χ3v) is 6.44. The van der Waals surface area contributed by atoms with Crippen LogP contribution in [-0.2, 0) is 14.6 Å². The van der Waals surface area contributed by atoms with Gasteiger partial charge in [0.05, 0.1) is 17.1 Å². The molecule has 0 atom stereocenters. The first-order chi connectivity index (χ1) is 12.2. The lowest BCUT2D eigenvalue weighted by Gasteiger charge is -2.36. The zero-order chi connectivity index (χ0) is 19.3. The molecule has 1 fully saturated rings. The predicted molar refractivity (Wildman–Crippen MR) is 108 cm³/mol. The number of likely N-dealkylation sites (N-methyl/N-ethyl adjacent to an activating group) is 1. The summed E-state index contributed by atoms with van der Waals surface area (Å²) in [6.07, 6.45) is 0. The molecule has 26 heavy (non-hydrogen) atoms. The van der Waals surface area contributed by atoms with Crippen LogP contribution in [0.4, 0.5) is 11.4 Å². The van der Waals surface area contributed by atoms with Crippen molar-refractivity contribution >= 4 is 38.7 Å². The zero-order valence-electron chi connectivity index (χ0n) is 15.7. The molecular weight excluding hydrogens is 374 g/mol. The number of nitrogens with one attached hydrogen (secondary N) is 1. The Morgan fingerprint density at radius 1 is 1.23 bits per heavy atom. The van der Waals surface area contributed by atoms with Gasteiger partial charge in [0.1, 0.15) is 5.75 Å². The van der Waals surface area contributed by atoms with Crippen LogP contribution in [0.1, 0.15) is 20.8 Å². The van der Waals surface area contributed by atoms with Crippen molar-refractivity contribution in [1.82, 2.24) is 4.90 Å². The minimum Gasteiger partial charge on any atom is -0.367 e. The molecule has 8 heteroatoms. The Morgan fingerprint density at radius 2 is 1.88 bits per heavy atom. The van der Waals surface area contributed by atoms with Gasteiger partial charge in [-0.15, -0.1) is 0 Å². The number of anilines is 2. The molecule has 0 radical (unpaired) electrons. The van der Waals surface area contributed by atoms with Crippen molar-refractivity contribution in [3.8, 4) is 0 Å². The first kappa shape index (κ1) is 21.0. The van der Waals surface area contributed by atoms with Gasteiger partial charge in [0.2, 0.25) is 5.91 Å². The van der Waals surface area contributed by atoms with Crippen LogP contribution in [0.3, 0.4) is 0 Å². The summed E-state index contributed by atoms with van der Waals surface area (Å²) in [6.45, 7) is 10.4. The van der Waals surface area contributed by atoms with Gasteiger partial charge in [-0.3, -0.25) is 4.79 Å². The van der Waals surface area contributed by atoms with E-state index in [1.165, 1.54) is 0 Å². The van der Waals surface area contributed by atoms with Crippen LogP contribution >= 0.6 is 11.6 Å². The van der Waals surface area contributed by atoms with Crippen molar-refractivity contribution in [1.29, 1.82) is 0 Å². The van der Waals surface area contributed by atoms with E-state index in [1.807, 2.05) is 19.9 Å². The highest BCUT2D eigenvalue weighted by Gasteiger charge is 2.22. The van der Waals surface area contributed by atoms with Crippen molar-refractivity contribution < 1.29 is 13.2 Å². The molecule has 0 unspecified atom stereocenters. The van der Waals surface area contributed by atoms with E-state index in [-0.39, 0.29) is 11.7 Å². The second-order valence-corrected chi connectivity index (χ2v) is 9.62. The molecule has 2 rings (SSSR count). The van der Waals surface area contributed by atoms with Gasteiger partial charge in [-0.05, 0) is 30.7 Å². The predicted octanol–water partition coefficient (Wildman–Crippen LogP) is 2.49. The maximum atomic E-state index is 12.3. The molecule has 1 N–H and O–H groups in total. The van der Waals surface area contributed by atoms with Gasteiger partial charge in [-0.25, -0.2) is 8.42 Å². The Bertz CT molecular complexity index is 729. The summed E-state index contributed by atoms with van der Waals surface area (Å²) in [6, 6.07) is 5.34. The highest BCUT2D eigenvalue weighted by atomic mass is 35.5. The molecular formula is C18H28ClN3O3S. The quantitative estimate of drug-likeness (QED) is 0.760. The van der Waals surface area contributed by atoms with Gasteiger partial charge in [0, 0.05) is 31.2 Å². The zero-order valence-corrected chi connectivity index (χ0v) is 17.2. The Kier molecular flexibility index (Phi) is 7.32. The van der Waals surface area contributed by atoms with E-state index in [4.69, 9.17) is 11.6 Å². The molecule has 1 aliphatic rings. The van der Waals surface area contributed by atoms with Crippen LogP contribution in [0.25, 0.3) is 0 Å². The Morgan fingerprint density at radius 3 is 2.46 bits per heavy atom. The fraction of sp³-hybridized carbons (Fsp3) is 0.611. The van der Waals surface area contributed by atoms with Gasteiger partial charge in [-0.2, -0.15) is 0 Å². The average molecular weight is 402 g/mol. The normalized spacial score (nSPS) is 16.1. The van der Waals surface area contributed by atoms with Gasteiger partial charge in [0.15, 0.2) is 9.84 Å². The number of nitrogens with zero attached hydrogens (tertiary/aromatic N) is 2. The molecule has 6 nitrogen and oxygen atoms in total. The van der Waals surface area contributed by atoms with Crippen molar-refractivity contribution in [3.63, 3.8) is 0 Å². The number of hydrogen-bond acceptors (Lipinski definition) is 5. The highest BCUT2D eigenvalue weighted by Crippen LogP contribution is 2.30. The first-order valence-corrected chi connectivity index (χ1v) is 11.2. The summed E-state index contributed by atoms with van der Waals surface area (Å²) in [7, 11) is -3.42. The molecule has 1 saturated heterocycles. The number of halogens is 1. The second-order valence-electron chi connectivity index (χ2n) is 7.08. The molecule has 0 bridgehead atoms. The van der Waals surface area contributed by atoms with Gasteiger partial charge < -0.3 is 15.1 Å². The molecule has 146 valence electrons. The minimum absolute atomic E-state index is 0.00179. The Labute approximate surface area is 161 Å². The molecule has 0 aliphatic carbocycles. The summed E-state index contributed by atoms with van der Waals surface area (Å²) >= 11 is 6.09. The number of benzene rings is 1. The van der Waals surface area contributed by atoms with Gasteiger partial charge in [0.25, 0.3) is 0 Å². The minimum atomic E-state index is -3.42. The molecule has 1 amide bonds. The maximum absolute atomic E-state index is 12.3. The van der Waals surface area contributed by atoms with E-state index in [9.17, 15) is 13.2 Å². The van der Waals surface area contributed by atoms with Crippen LogP contribution < -0.4 is 10.2 Å². The number of sulfone groups is 1. The van der Waals surface area contributed by atoms with Crippen molar-refractivity contribution in [2.45, 2.75) is 20.8 Å². The van der Waals surface area contributed by atoms with Crippen LogP contribution in [0.15, 0.2) is 18.2 Å². The third kappa shape index (κ3) is 6.14. The lowest BCUT2D eigenvalue weighted by Crippen LogP contribution is -2.46. The van der Waals surface area contributed by atoms with Crippen LogP contribution in [0.2, 0.25) is 5.02 Å². The molecule has 1 aliphatic heterocycles. The number of piperazine rings is 1. The highest BCUT2D eigenvalue weighted by molar-refractivity contribution is 7.92. The SMILES string of the molecule is CCN1CCN(c2ccc(Cl)cc2NC(=O)CS(=O)(=O)CC(C)C)CC1. The van der Waals surface area contributed by atoms with E-state index in [1.54, 1.807) is 12.1 Å². The maximum Gasteiger partial charge on any atom is 0.239 e. The third-order valence-electron chi connectivity index (χ3n) is 4.33. The second kappa shape index (κ2) is 9.06. The Balaban J connectivity index is 2.11. The van der Waals surface area contributed by atoms with E-state index in [0.29, 0.717) is 10.7 Å². The van der Waals surface area contributed by atoms with Crippen molar-refractivity contribution in [2.75, 3.05) is 54.4 Å². The van der Waals surface area contributed by atoms with Gasteiger partial charge >= 0.3 is 0 Å². The first-order valence-electron chi connectivity index (χ1n) is 8.97. The van der Waals surface area contributed by atoms with Crippen LogP contribution in [0, 0.1) is 5.92 Å². The number of carbonyl (C=O) groups excluding carboxylic acids is 1. The molecule has 1 heterocycles. The lowest BCUT2D eigenvalue weighted by molar-refractivity contribution is -0.113. The largest absolute Gasteiger partial charge is 0.367 e. The topological polar surface area (TPSA) is 69.7 Å². The summed E-state index contributed by atoms with van der Waals surface area (Å²) in [5.74, 6) is -1.05. The van der Waals surface area contributed by atoms with E-state index in [0.717, 1.165) is 38.4 Å². The summed E-state index contributed by atoms with van der Waals surface area (Å²) in [4.78, 5) is 16.9. The fourth-order valence-corrected chi connectivity index (χ4v) is 4.92. The monoisotopic (exact) mass is 401 g/mol. The standard InChI is InChI=1S/C18H28ClN3O3S/c1-4-21-7-9-22(10-8-21)17-6-5-15(19)11-16(17)20-18(23)13-26(24,25)12-14(2)3/h5-6,11,14H,4,7-10,12-13H2,1-3H3,(H,20,23). The summed E-state index contributed by atoms with van der Waals surface area (Å²) < 4.78 is 24.1. The average Bonchev–Trinajstić information content (AvgIpc) is 2.53. The molecule has 0 aromatic heterocycles. The number of rotatable bonds is 7. The Hall–Kier alpha value is -1.31. The molecule has 1 aromatic rings. The number of carbonyl (C=O) groups is 1. The van der Waals surface area contributed by atoms with Crippen LogP contribution in [-0.4, -0.2) is 63.5 Å². The fourth-order valence-electron chi connectivity index (χ4n) is 3.14. The molecule has 1 aromatic carbocycles. The van der Waals surface area contributed by atoms with E-state index < -0.39 is 21.5 Å². The van der Waals surface area contributed by atoms with Crippen LogP contribution in [0.5, 0.6) is 0 Å². The van der Waals surface area contributed by atoms with E-state index >= 15 is 0 Å². The van der Waals surface area contributed by atoms with E-state index in [2.05, 4.69) is 22.0 Å². The van der Waals surface area contributed by atoms with Gasteiger partial charge in [-0.1, -0.05) is 32.4 Å². The summed E-state index contributed by atoms with van der Waals surface area (Å²) in [5, 5.41) is 3.25. The number of hydrogen-bond donors (Lipinski definition) is 1. The number of amides is 1. The van der Waals surface area contributed by atoms with Crippen molar-refractivity contribution in [3.05, 3.63) is 23.2 Å². The molecule has 0 spiro atoms. The smallest absolute Gasteiger partial charge is 0.239 e. The summed E-state index contributed by atoms with van der Waals surface area (Å²) in [5.41, 5.74) is 1.44. The van der Waals surface area contributed by atoms with Crippen molar-refractivity contribution in [2.24, 2.45) is 5.92 Å². The lowest BCUT2D eigenvalue weighted by atomic mass is 10.2. The molecule has 0 saturated carbocycles.